The highest BCUT2D eigenvalue weighted by Crippen LogP contribution is 2.41. The molecule has 3 aromatic rings. The molecule has 174 valence electrons. The van der Waals surface area contributed by atoms with Crippen molar-refractivity contribution in [2.24, 2.45) is 0 Å². The highest BCUT2D eigenvalue weighted by atomic mass is 16.6. The zero-order chi connectivity index (χ0) is 23.4. The number of likely N-dealkylation sites (tertiary alicyclic amines) is 1. The molecular formula is C26H25N3O5. The molecule has 5 heterocycles. The Kier molecular flexibility index (Phi) is 4.81. The Balaban J connectivity index is 1.47. The summed E-state index contributed by atoms with van der Waals surface area (Å²) in [7, 11) is 0. The minimum Gasteiger partial charge on any atom is -0.457 e. The van der Waals surface area contributed by atoms with Crippen LogP contribution in [-0.4, -0.2) is 46.0 Å². The van der Waals surface area contributed by atoms with Gasteiger partial charge in [-0.3, -0.25) is 14.5 Å². The number of rotatable bonds is 4. The second-order valence-electron chi connectivity index (χ2n) is 9.22. The Morgan fingerprint density at radius 1 is 1.18 bits per heavy atom. The number of carbonyl (C=O) groups is 2. The third-order valence-electron chi connectivity index (χ3n) is 7.22. The van der Waals surface area contributed by atoms with Gasteiger partial charge in [0.15, 0.2) is 0 Å². The summed E-state index contributed by atoms with van der Waals surface area (Å²) in [5.41, 5.74) is 2.01. The molecular weight excluding hydrogens is 434 g/mol. The molecule has 1 saturated heterocycles. The van der Waals surface area contributed by atoms with Crippen LogP contribution in [0.1, 0.15) is 42.9 Å². The lowest BCUT2D eigenvalue weighted by Gasteiger charge is -2.36. The summed E-state index contributed by atoms with van der Waals surface area (Å²) in [5, 5.41) is 1.00. The highest BCUT2D eigenvalue weighted by Gasteiger charge is 2.50. The number of carbonyl (C=O) groups excluding carboxylic acids is 2. The zero-order valence-corrected chi connectivity index (χ0v) is 19.0. The van der Waals surface area contributed by atoms with Crippen molar-refractivity contribution >= 4 is 22.8 Å². The van der Waals surface area contributed by atoms with Crippen molar-refractivity contribution in [1.29, 1.82) is 0 Å². The molecule has 1 atom stereocenters. The van der Waals surface area contributed by atoms with E-state index in [1.165, 1.54) is 0 Å². The van der Waals surface area contributed by atoms with Gasteiger partial charge in [0.1, 0.15) is 6.61 Å². The number of cyclic esters (lactones) is 1. The molecule has 6 rings (SSSR count). The fourth-order valence-corrected chi connectivity index (χ4v) is 5.43. The van der Waals surface area contributed by atoms with Crippen LogP contribution in [0.25, 0.3) is 22.3 Å². The van der Waals surface area contributed by atoms with Gasteiger partial charge in [0.25, 0.3) is 5.56 Å². The van der Waals surface area contributed by atoms with Crippen LogP contribution in [0.5, 0.6) is 0 Å². The highest BCUT2D eigenvalue weighted by molar-refractivity contribution is 5.88. The summed E-state index contributed by atoms with van der Waals surface area (Å²) in [5.74, 6) is -1.12. The molecule has 0 aliphatic carbocycles. The fourth-order valence-electron chi connectivity index (χ4n) is 5.43. The molecule has 3 aliphatic rings. The van der Waals surface area contributed by atoms with Crippen LogP contribution >= 0.6 is 0 Å². The maximum Gasteiger partial charge on any atom is 0.355 e. The van der Waals surface area contributed by atoms with Crippen LogP contribution in [0.2, 0.25) is 0 Å². The normalized spacial score (nSPS) is 21.1. The number of ether oxygens (including phenoxy) is 2. The third-order valence-corrected chi connectivity index (χ3v) is 7.22. The van der Waals surface area contributed by atoms with E-state index < -0.39 is 17.5 Å². The largest absolute Gasteiger partial charge is 0.457 e. The monoisotopic (exact) mass is 459 g/mol. The van der Waals surface area contributed by atoms with Gasteiger partial charge in [-0.15, -0.1) is 0 Å². The number of aromatic nitrogens is 2. The number of fused-ring (bicyclic) bond motifs is 5. The van der Waals surface area contributed by atoms with Gasteiger partial charge in [0, 0.05) is 16.5 Å². The van der Waals surface area contributed by atoms with Crippen molar-refractivity contribution in [3.05, 3.63) is 63.4 Å². The number of hydrogen-bond acceptors (Lipinski definition) is 7. The van der Waals surface area contributed by atoms with E-state index in [-0.39, 0.29) is 25.1 Å². The molecule has 0 radical (unpaired) electrons. The first-order chi connectivity index (χ1) is 16.5. The van der Waals surface area contributed by atoms with Gasteiger partial charge in [-0.2, -0.15) is 0 Å². The number of esters is 2. The lowest BCUT2D eigenvalue weighted by molar-refractivity contribution is -0.190. The van der Waals surface area contributed by atoms with Gasteiger partial charge in [0.2, 0.25) is 5.60 Å². The smallest absolute Gasteiger partial charge is 0.355 e. The second kappa shape index (κ2) is 7.77. The molecule has 2 aromatic heterocycles. The van der Waals surface area contributed by atoms with Gasteiger partial charge in [0.05, 0.1) is 35.6 Å². The third kappa shape index (κ3) is 3.09. The average molecular weight is 460 g/mol. The Morgan fingerprint density at radius 2 is 1.97 bits per heavy atom. The standard InChI is InChI=1S/C26H25N3O5/c1-2-26(34-22(30)14-28-9-5-6-10-28)19-12-21-23-17(11-16-7-3-4-8-20(16)27-23)13-29(21)24(31)18(19)15-33-25(26)32/h3-4,7-8,11-12H,2,5-6,9-10,13-15H2,1H3. The van der Waals surface area contributed by atoms with E-state index in [4.69, 9.17) is 14.5 Å². The molecule has 8 heteroatoms. The van der Waals surface area contributed by atoms with Crippen molar-refractivity contribution in [3.8, 4) is 11.4 Å². The quantitative estimate of drug-likeness (QED) is 0.434. The summed E-state index contributed by atoms with van der Waals surface area (Å²) in [6.45, 7) is 3.82. The summed E-state index contributed by atoms with van der Waals surface area (Å²) in [4.78, 5) is 46.3. The van der Waals surface area contributed by atoms with Gasteiger partial charge in [-0.05, 0) is 50.6 Å². The number of pyridine rings is 2. The zero-order valence-electron chi connectivity index (χ0n) is 19.0. The van der Waals surface area contributed by atoms with E-state index >= 15 is 0 Å². The summed E-state index contributed by atoms with van der Waals surface area (Å²) in [6.07, 6.45) is 2.26. The summed E-state index contributed by atoms with van der Waals surface area (Å²) >= 11 is 0. The first-order valence-electron chi connectivity index (χ1n) is 11.8. The van der Waals surface area contributed by atoms with Crippen LogP contribution in [0.4, 0.5) is 0 Å². The molecule has 1 aromatic carbocycles. The topological polar surface area (TPSA) is 90.7 Å². The number of benzene rings is 1. The van der Waals surface area contributed by atoms with Crippen molar-refractivity contribution in [1.82, 2.24) is 14.5 Å². The van der Waals surface area contributed by atoms with Crippen molar-refractivity contribution < 1.29 is 19.1 Å². The van der Waals surface area contributed by atoms with Gasteiger partial charge in [-0.1, -0.05) is 25.1 Å². The van der Waals surface area contributed by atoms with Crippen LogP contribution in [0, 0.1) is 0 Å². The van der Waals surface area contributed by atoms with E-state index in [2.05, 4.69) is 0 Å². The molecule has 3 aliphatic heterocycles. The van der Waals surface area contributed by atoms with Crippen LogP contribution in [0.3, 0.4) is 0 Å². The first kappa shape index (κ1) is 21.0. The van der Waals surface area contributed by atoms with E-state index in [0.29, 0.717) is 29.1 Å². The van der Waals surface area contributed by atoms with Crippen molar-refractivity contribution in [3.63, 3.8) is 0 Å². The Labute approximate surface area is 196 Å². The van der Waals surface area contributed by atoms with Crippen molar-refractivity contribution in [2.75, 3.05) is 19.6 Å². The molecule has 0 bridgehead atoms. The van der Waals surface area contributed by atoms with Crippen molar-refractivity contribution in [2.45, 2.75) is 44.9 Å². The average Bonchev–Trinajstić information content (AvgIpc) is 3.47. The van der Waals surface area contributed by atoms with Gasteiger partial charge < -0.3 is 14.0 Å². The second-order valence-corrected chi connectivity index (χ2v) is 9.22. The lowest BCUT2D eigenvalue weighted by atomic mass is 9.85. The molecule has 0 saturated carbocycles. The lowest BCUT2D eigenvalue weighted by Crippen LogP contribution is -2.48. The molecule has 0 amide bonds. The summed E-state index contributed by atoms with van der Waals surface area (Å²) < 4.78 is 12.9. The Hall–Kier alpha value is -3.52. The molecule has 0 spiro atoms. The fraction of sp³-hybridized carbons (Fsp3) is 0.385. The van der Waals surface area contributed by atoms with Gasteiger partial charge >= 0.3 is 11.9 Å². The molecule has 1 fully saturated rings. The Morgan fingerprint density at radius 3 is 2.76 bits per heavy atom. The SMILES string of the molecule is CCC1(OC(=O)CN2CCCC2)C(=O)OCc2c1cc1n(c2=O)Cc2cc3ccccc3nc2-1. The predicted molar refractivity (Wildman–Crippen MR) is 124 cm³/mol. The molecule has 1 unspecified atom stereocenters. The minimum atomic E-state index is -1.64. The van der Waals surface area contributed by atoms with Crippen LogP contribution in [0.15, 0.2) is 41.2 Å². The Bertz CT molecular complexity index is 1410. The van der Waals surface area contributed by atoms with E-state index in [0.717, 1.165) is 42.4 Å². The predicted octanol–water partition coefficient (Wildman–Crippen LogP) is 2.73. The molecule has 34 heavy (non-hydrogen) atoms. The molecule has 0 N–H and O–H groups in total. The molecule has 8 nitrogen and oxygen atoms in total. The maximum atomic E-state index is 13.5. The van der Waals surface area contributed by atoms with Crippen LogP contribution < -0.4 is 5.56 Å². The van der Waals surface area contributed by atoms with Crippen LogP contribution in [-0.2, 0) is 37.8 Å². The van der Waals surface area contributed by atoms with E-state index in [1.807, 2.05) is 35.2 Å². The van der Waals surface area contributed by atoms with Gasteiger partial charge in [-0.25, -0.2) is 9.78 Å². The van der Waals surface area contributed by atoms with E-state index in [1.54, 1.807) is 17.6 Å². The maximum absolute atomic E-state index is 13.5. The number of hydrogen-bond donors (Lipinski definition) is 0. The minimum absolute atomic E-state index is 0.116. The van der Waals surface area contributed by atoms with E-state index in [9.17, 15) is 14.4 Å². The summed E-state index contributed by atoms with van der Waals surface area (Å²) in [6, 6.07) is 11.7. The number of para-hydroxylation sites is 1. The number of nitrogens with zero attached hydrogens (tertiary/aromatic N) is 3. The first-order valence-corrected chi connectivity index (χ1v) is 11.8.